The topological polar surface area (TPSA) is 17.1 Å². The van der Waals surface area contributed by atoms with Gasteiger partial charge in [-0.2, -0.15) is 0 Å². The van der Waals surface area contributed by atoms with E-state index in [0.717, 1.165) is 28.2 Å². The molecule has 0 fully saturated rings. The molecular formula is C17H20O. The number of aldehydes is 1. The Kier molecular flexibility index (Phi) is 3.51. The van der Waals surface area contributed by atoms with Crippen molar-refractivity contribution in [3.05, 3.63) is 47.0 Å². The van der Waals surface area contributed by atoms with Crippen molar-refractivity contribution in [1.29, 1.82) is 0 Å². The zero-order valence-corrected chi connectivity index (χ0v) is 11.5. The summed E-state index contributed by atoms with van der Waals surface area (Å²) >= 11 is 0. The Morgan fingerprint density at radius 3 is 2.22 bits per heavy atom. The maximum absolute atomic E-state index is 11.4. The molecular weight excluding hydrogens is 220 g/mol. The molecule has 2 aromatic rings. The standard InChI is InChI=1S/C17H20O/c1-11(2)13-5-8-16-14(9-13)6-7-15(12(3)4)17(16)10-18/h5-12H,1-4H3. The Morgan fingerprint density at radius 2 is 1.67 bits per heavy atom. The highest BCUT2D eigenvalue weighted by Crippen LogP contribution is 2.28. The van der Waals surface area contributed by atoms with Gasteiger partial charge < -0.3 is 0 Å². The van der Waals surface area contributed by atoms with E-state index in [1.54, 1.807) is 0 Å². The molecule has 0 N–H and O–H groups in total. The molecule has 0 aliphatic rings. The number of rotatable bonds is 3. The molecule has 94 valence electrons. The second-order valence-corrected chi connectivity index (χ2v) is 5.48. The van der Waals surface area contributed by atoms with Crippen molar-refractivity contribution in [3.63, 3.8) is 0 Å². The van der Waals surface area contributed by atoms with Crippen LogP contribution in [0.2, 0.25) is 0 Å². The van der Waals surface area contributed by atoms with Crippen LogP contribution in [0.4, 0.5) is 0 Å². The molecule has 0 unspecified atom stereocenters. The summed E-state index contributed by atoms with van der Waals surface area (Å²) in [5.41, 5.74) is 3.30. The van der Waals surface area contributed by atoms with Gasteiger partial charge in [0, 0.05) is 5.56 Å². The average molecular weight is 240 g/mol. The third kappa shape index (κ3) is 2.17. The minimum absolute atomic E-state index is 0.374. The van der Waals surface area contributed by atoms with Crippen molar-refractivity contribution >= 4 is 17.1 Å². The maximum Gasteiger partial charge on any atom is 0.150 e. The highest BCUT2D eigenvalue weighted by atomic mass is 16.1. The van der Waals surface area contributed by atoms with Crippen molar-refractivity contribution in [2.75, 3.05) is 0 Å². The number of carbonyl (C=O) groups excluding carboxylic acids is 1. The monoisotopic (exact) mass is 240 g/mol. The molecule has 0 amide bonds. The number of carbonyl (C=O) groups is 1. The van der Waals surface area contributed by atoms with Crippen LogP contribution in [0.5, 0.6) is 0 Å². The van der Waals surface area contributed by atoms with Gasteiger partial charge in [-0.1, -0.05) is 58.0 Å². The molecule has 0 bridgehead atoms. The summed E-state index contributed by atoms with van der Waals surface area (Å²) in [7, 11) is 0. The van der Waals surface area contributed by atoms with Crippen LogP contribution in [0.3, 0.4) is 0 Å². The van der Waals surface area contributed by atoms with Gasteiger partial charge in [-0.25, -0.2) is 0 Å². The van der Waals surface area contributed by atoms with E-state index >= 15 is 0 Å². The summed E-state index contributed by atoms with van der Waals surface area (Å²) in [6, 6.07) is 10.6. The third-order valence-corrected chi connectivity index (χ3v) is 3.53. The van der Waals surface area contributed by atoms with Crippen LogP contribution >= 0.6 is 0 Å². The van der Waals surface area contributed by atoms with Crippen molar-refractivity contribution in [1.82, 2.24) is 0 Å². The second-order valence-electron chi connectivity index (χ2n) is 5.48. The first-order valence-corrected chi connectivity index (χ1v) is 6.56. The molecule has 2 aromatic carbocycles. The molecule has 0 radical (unpaired) electrons. The van der Waals surface area contributed by atoms with Gasteiger partial charge in [0.2, 0.25) is 0 Å². The minimum Gasteiger partial charge on any atom is -0.298 e. The third-order valence-electron chi connectivity index (χ3n) is 3.53. The molecule has 0 atom stereocenters. The summed E-state index contributed by atoms with van der Waals surface area (Å²) in [5, 5.41) is 2.23. The largest absolute Gasteiger partial charge is 0.298 e. The van der Waals surface area contributed by atoms with Gasteiger partial charge >= 0.3 is 0 Å². The summed E-state index contributed by atoms with van der Waals surface area (Å²) in [5.74, 6) is 0.887. The van der Waals surface area contributed by atoms with E-state index in [1.165, 1.54) is 5.56 Å². The first-order valence-electron chi connectivity index (χ1n) is 6.56. The highest BCUT2D eigenvalue weighted by Gasteiger charge is 2.10. The fourth-order valence-corrected chi connectivity index (χ4v) is 2.38. The Labute approximate surface area is 109 Å². The summed E-state index contributed by atoms with van der Waals surface area (Å²) in [4.78, 5) is 11.4. The van der Waals surface area contributed by atoms with Crippen LogP contribution in [0.1, 0.15) is 61.0 Å². The average Bonchev–Trinajstić information content (AvgIpc) is 2.36. The lowest BCUT2D eigenvalue weighted by atomic mass is 9.91. The van der Waals surface area contributed by atoms with Gasteiger partial charge in [0.1, 0.15) is 0 Å². The molecule has 0 saturated heterocycles. The SMILES string of the molecule is CC(C)c1ccc2c(C=O)c(C(C)C)ccc2c1. The van der Waals surface area contributed by atoms with Gasteiger partial charge in [-0.3, -0.25) is 4.79 Å². The van der Waals surface area contributed by atoms with Crippen LogP contribution in [0.25, 0.3) is 10.8 Å². The minimum atomic E-state index is 0.374. The summed E-state index contributed by atoms with van der Waals surface area (Å²) < 4.78 is 0. The summed E-state index contributed by atoms with van der Waals surface area (Å²) in [6.07, 6.45) is 0.993. The zero-order chi connectivity index (χ0) is 13.3. The van der Waals surface area contributed by atoms with Gasteiger partial charge in [0.25, 0.3) is 0 Å². The smallest absolute Gasteiger partial charge is 0.150 e. The van der Waals surface area contributed by atoms with E-state index < -0.39 is 0 Å². The second kappa shape index (κ2) is 4.93. The predicted octanol–water partition coefficient (Wildman–Crippen LogP) is 4.90. The Morgan fingerprint density at radius 1 is 0.944 bits per heavy atom. The molecule has 0 aromatic heterocycles. The van der Waals surface area contributed by atoms with E-state index in [9.17, 15) is 4.79 Å². The van der Waals surface area contributed by atoms with Gasteiger partial charge in [0.05, 0.1) is 0 Å². The first-order chi connectivity index (χ1) is 8.54. The van der Waals surface area contributed by atoms with Crippen LogP contribution < -0.4 is 0 Å². The van der Waals surface area contributed by atoms with E-state index in [4.69, 9.17) is 0 Å². The van der Waals surface area contributed by atoms with Crippen LogP contribution in [-0.4, -0.2) is 6.29 Å². The zero-order valence-electron chi connectivity index (χ0n) is 11.5. The van der Waals surface area contributed by atoms with E-state index in [0.29, 0.717) is 11.8 Å². The van der Waals surface area contributed by atoms with Crippen molar-refractivity contribution < 1.29 is 4.79 Å². The molecule has 1 heteroatoms. The lowest BCUT2D eigenvalue weighted by molar-refractivity contribution is 0.112. The lowest BCUT2D eigenvalue weighted by Crippen LogP contribution is -1.97. The molecule has 0 aliphatic carbocycles. The van der Waals surface area contributed by atoms with Crippen LogP contribution in [0, 0.1) is 0 Å². The Hall–Kier alpha value is -1.63. The number of fused-ring (bicyclic) bond motifs is 1. The Balaban J connectivity index is 2.71. The van der Waals surface area contributed by atoms with Crippen molar-refractivity contribution in [3.8, 4) is 0 Å². The normalized spacial score (nSPS) is 11.4. The predicted molar refractivity (Wildman–Crippen MR) is 77.5 cm³/mol. The molecule has 1 nitrogen and oxygen atoms in total. The highest BCUT2D eigenvalue weighted by molar-refractivity contribution is 6.00. The molecule has 18 heavy (non-hydrogen) atoms. The lowest BCUT2D eigenvalue weighted by Gasteiger charge is -2.13. The number of benzene rings is 2. The van der Waals surface area contributed by atoms with Gasteiger partial charge in [-0.15, -0.1) is 0 Å². The van der Waals surface area contributed by atoms with Gasteiger partial charge in [-0.05, 0) is 33.7 Å². The van der Waals surface area contributed by atoms with Crippen LogP contribution in [-0.2, 0) is 0 Å². The Bertz CT molecular complexity index is 579. The molecule has 0 aliphatic heterocycles. The molecule has 0 saturated carbocycles. The van der Waals surface area contributed by atoms with Gasteiger partial charge in [0.15, 0.2) is 6.29 Å². The van der Waals surface area contributed by atoms with E-state index in [2.05, 4.69) is 58.0 Å². The summed E-state index contributed by atoms with van der Waals surface area (Å²) in [6.45, 7) is 8.61. The van der Waals surface area contributed by atoms with Crippen molar-refractivity contribution in [2.24, 2.45) is 0 Å². The van der Waals surface area contributed by atoms with E-state index in [1.807, 2.05) is 0 Å². The number of hydrogen-bond donors (Lipinski definition) is 0. The number of hydrogen-bond acceptors (Lipinski definition) is 1. The quantitative estimate of drug-likeness (QED) is 0.697. The van der Waals surface area contributed by atoms with E-state index in [-0.39, 0.29) is 0 Å². The maximum atomic E-state index is 11.4. The fraction of sp³-hybridized carbons (Fsp3) is 0.353. The van der Waals surface area contributed by atoms with Crippen molar-refractivity contribution in [2.45, 2.75) is 39.5 Å². The molecule has 0 heterocycles. The van der Waals surface area contributed by atoms with Crippen LogP contribution in [0.15, 0.2) is 30.3 Å². The molecule has 0 spiro atoms. The first kappa shape index (κ1) is 12.8. The fourth-order valence-electron chi connectivity index (χ4n) is 2.38. The molecule has 2 rings (SSSR count).